The van der Waals surface area contributed by atoms with Gasteiger partial charge in [-0.1, -0.05) is 0 Å². The Morgan fingerprint density at radius 1 is 0.101 bits per heavy atom. The van der Waals surface area contributed by atoms with E-state index in [4.69, 9.17) is 109 Å². The average Bonchev–Trinajstić information content (AvgIpc) is 3.36. The van der Waals surface area contributed by atoms with Crippen LogP contribution in [0, 0.1) is 0 Å². The molecule has 0 spiro atoms. The second kappa shape index (κ2) is 67.1. The molecule has 0 radical (unpaired) electrons. The first-order chi connectivity index (χ1) is 34.4. The normalized spacial score (nSPS) is 11.7. The van der Waals surface area contributed by atoms with Gasteiger partial charge in [-0.3, -0.25) is 0 Å². The molecular formula is C46H94O23. The Morgan fingerprint density at radius 2 is 0.159 bits per heavy atom. The quantitative estimate of drug-likeness (QED) is 0.0765. The summed E-state index contributed by atoms with van der Waals surface area (Å²) in [5.41, 5.74) is 0. The van der Waals surface area contributed by atoms with E-state index in [0.717, 1.165) is 0 Å². The monoisotopic (exact) mass is 1010 g/mol. The lowest BCUT2D eigenvalue weighted by Gasteiger charge is -2.09. The van der Waals surface area contributed by atoms with Gasteiger partial charge in [-0.25, -0.2) is 0 Å². The van der Waals surface area contributed by atoms with E-state index in [1.54, 1.807) is 14.2 Å². The van der Waals surface area contributed by atoms with Crippen molar-refractivity contribution in [3.63, 3.8) is 0 Å². The second-order valence-electron chi connectivity index (χ2n) is 13.8. The summed E-state index contributed by atoms with van der Waals surface area (Å²) in [6.07, 6.45) is 0. The van der Waals surface area contributed by atoms with E-state index < -0.39 is 0 Å². The molecular weight excluding hydrogens is 920 g/mol. The summed E-state index contributed by atoms with van der Waals surface area (Å²) in [5, 5.41) is 0. The van der Waals surface area contributed by atoms with Gasteiger partial charge in [0.1, 0.15) is 0 Å². The number of hydrogen-bond donors (Lipinski definition) is 0. The Bertz CT molecular complexity index is 810. The van der Waals surface area contributed by atoms with Crippen molar-refractivity contribution in [2.24, 2.45) is 0 Å². The summed E-state index contributed by atoms with van der Waals surface area (Å²) in [4.78, 5) is 0. The highest BCUT2D eigenvalue weighted by atomic mass is 16.6. The third kappa shape index (κ3) is 67.1. The molecule has 0 aliphatic rings. The summed E-state index contributed by atoms with van der Waals surface area (Å²) in [6.45, 7) is 22.5. The summed E-state index contributed by atoms with van der Waals surface area (Å²) in [5.74, 6) is 0. The van der Waals surface area contributed by atoms with E-state index in [9.17, 15) is 0 Å². The van der Waals surface area contributed by atoms with Crippen molar-refractivity contribution in [2.45, 2.75) is 0 Å². The van der Waals surface area contributed by atoms with Crippen LogP contribution in [0.25, 0.3) is 0 Å². The van der Waals surface area contributed by atoms with E-state index in [0.29, 0.717) is 291 Å². The van der Waals surface area contributed by atoms with Gasteiger partial charge in [0.25, 0.3) is 0 Å². The molecule has 69 heavy (non-hydrogen) atoms. The average molecular weight is 1020 g/mol. The topological polar surface area (TPSA) is 212 Å². The third-order valence-corrected chi connectivity index (χ3v) is 8.30. The number of ether oxygens (including phenoxy) is 23. The molecule has 0 aromatic heterocycles. The van der Waals surface area contributed by atoms with Crippen molar-refractivity contribution >= 4 is 0 Å². The van der Waals surface area contributed by atoms with Crippen molar-refractivity contribution in [2.75, 3.05) is 305 Å². The minimum atomic E-state index is 0.490. The van der Waals surface area contributed by atoms with Gasteiger partial charge < -0.3 is 109 Å². The van der Waals surface area contributed by atoms with E-state index in [1.807, 2.05) is 0 Å². The largest absolute Gasteiger partial charge is 0.382 e. The molecule has 0 aliphatic carbocycles. The van der Waals surface area contributed by atoms with E-state index in [-0.39, 0.29) is 0 Å². The number of rotatable bonds is 66. The maximum atomic E-state index is 5.52. The highest BCUT2D eigenvalue weighted by Crippen LogP contribution is 1.90. The van der Waals surface area contributed by atoms with Crippen LogP contribution in [-0.2, 0) is 109 Å². The second-order valence-corrected chi connectivity index (χ2v) is 13.8. The number of methoxy groups -OCH3 is 2. The zero-order chi connectivity index (χ0) is 49.4. The standard InChI is InChI=1S/C46H94O23/c1-47-3-5-49-7-9-51-11-13-53-15-17-55-19-21-57-23-25-59-27-29-61-31-33-63-35-37-65-39-41-67-43-45-69-46-44-68-42-40-66-38-36-64-34-32-62-30-28-60-26-24-58-22-20-56-18-16-54-14-12-52-10-8-50-6-4-48-2/h3-46H2,1-2H3. The van der Waals surface area contributed by atoms with Crippen LogP contribution in [0.15, 0.2) is 0 Å². The van der Waals surface area contributed by atoms with E-state index >= 15 is 0 Å². The van der Waals surface area contributed by atoms with Crippen molar-refractivity contribution in [3.05, 3.63) is 0 Å². The van der Waals surface area contributed by atoms with Crippen LogP contribution in [0.5, 0.6) is 0 Å². The lowest BCUT2D eigenvalue weighted by molar-refractivity contribution is -0.0317. The van der Waals surface area contributed by atoms with Gasteiger partial charge in [0, 0.05) is 14.2 Å². The van der Waals surface area contributed by atoms with Crippen LogP contribution in [0.2, 0.25) is 0 Å². The fraction of sp³-hybridized carbons (Fsp3) is 1.00. The first-order valence-electron chi connectivity index (χ1n) is 24.5. The van der Waals surface area contributed by atoms with Gasteiger partial charge in [0.2, 0.25) is 0 Å². The minimum absolute atomic E-state index is 0.490. The molecule has 0 N–H and O–H groups in total. The van der Waals surface area contributed by atoms with Gasteiger partial charge in [0.05, 0.1) is 291 Å². The third-order valence-electron chi connectivity index (χ3n) is 8.30. The summed E-state index contributed by atoms with van der Waals surface area (Å²) in [7, 11) is 3.29. The predicted molar refractivity (Wildman–Crippen MR) is 251 cm³/mol. The van der Waals surface area contributed by atoms with Crippen LogP contribution >= 0.6 is 0 Å². The van der Waals surface area contributed by atoms with Crippen LogP contribution in [0.4, 0.5) is 0 Å². The molecule has 0 unspecified atom stereocenters. The molecule has 0 rings (SSSR count). The van der Waals surface area contributed by atoms with Crippen LogP contribution < -0.4 is 0 Å². The molecule has 0 atom stereocenters. The summed E-state index contributed by atoms with van der Waals surface area (Å²) in [6, 6.07) is 0. The predicted octanol–water partition coefficient (Wildman–Crippen LogP) is 0.628. The molecule has 0 bridgehead atoms. The Morgan fingerprint density at radius 3 is 0.217 bits per heavy atom. The van der Waals surface area contributed by atoms with Gasteiger partial charge in [-0.05, 0) is 0 Å². The van der Waals surface area contributed by atoms with Crippen LogP contribution in [-0.4, -0.2) is 305 Å². The number of hydrogen-bond acceptors (Lipinski definition) is 23. The van der Waals surface area contributed by atoms with Crippen molar-refractivity contribution in [1.29, 1.82) is 0 Å². The van der Waals surface area contributed by atoms with Gasteiger partial charge in [-0.2, -0.15) is 0 Å². The molecule has 23 nitrogen and oxygen atoms in total. The van der Waals surface area contributed by atoms with E-state index in [1.165, 1.54) is 0 Å². The van der Waals surface area contributed by atoms with Crippen molar-refractivity contribution in [1.82, 2.24) is 0 Å². The summed E-state index contributed by atoms with van der Waals surface area (Å²) >= 11 is 0. The first-order valence-corrected chi connectivity index (χ1v) is 24.5. The fourth-order valence-electron chi connectivity index (χ4n) is 4.78. The van der Waals surface area contributed by atoms with Crippen molar-refractivity contribution in [3.8, 4) is 0 Å². The Kier molecular flexibility index (Phi) is 66.2. The SMILES string of the molecule is COCCOCCOCCOCCOCCOCCOCCOCCOCCOCCOCCOCCOCCOCCOCCOCCOCCOCCOCCOCCOCCOCCOC. The van der Waals surface area contributed by atoms with E-state index in [2.05, 4.69) is 0 Å². The molecule has 0 aromatic carbocycles. The Hall–Kier alpha value is -0.920. The molecule has 0 amide bonds. The van der Waals surface area contributed by atoms with Gasteiger partial charge >= 0.3 is 0 Å². The Labute approximate surface area is 413 Å². The fourth-order valence-corrected chi connectivity index (χ4v) is 4.78. The molecule has 0 aliphatic heterocycles. The first kappa shape index (κ1) is 68.1. The molecule has 0 heterocycles. The maximum Gasteiger partial charge on any atom is 0.0701 e. The zero-order valence-electron chi connectivity index (χ0n) is 42.5. The van der Waals surface area contributed by atoms with Gasteiger partial charge in [-0.15, -0.1) is 0 Å². The van der Waals surface area contributed by atoms with Crippen molar-refractivity contribution < 1.29 is 109 Å². The Balaban J connectivity index is 3.07. The highest BCUT2D eigenvalue weighted by Gasteiger charge is 1.99. The van der Waals surface area contributed by atoms with Crippen LogP contribution in [0.1, 0.15) is 0 Å². The molecule has 0 saturated heterocycles. The lowest BCUT2D eigenvalue weighted by Crippen LogP contribution is -2.16. The summed E-state index contributed by atoms with van der Waals surface area (Å²) < 4.78 is 125. The molecule has 0 saturated carbocycles. The van der Waals surface area contributed by atoms with Crippen LogP contribution in [0.3, 0.4) is 0 Å². The maximum absolute atomic E-state index is 5.52. The molecule has 23 heteroatoms. The zero-order valence-corrected chi connectivity index (χ0v) is 42.5. The lowest BCUT2D eigenvalue weighted by atomic mass is 10.6. The molecule has 416 valence electrons. The molecule has 0 fully saturated rings. The highest BCUT2D eigenvalue weighted by molar-refractivity contribution is 4.42. The smallest absolute Gasteiger partial charge is 0.0701 e. The minimum Gasteiger partial charge on any atom is -0.382 e. The van der Waals surface area contributed by atoms with Gasteiger partial charge in [0.15, 0.2) is 0 Å². The molecule has 0 aromatic rings.